The van der Waals surface area contributed by atoms with Gasteiger partial charge in [0, 0.05) is 11.6 Å². The van der Waals surface area contributed by atoms with Crippen LogP contribution in [0.4, 0.5) is 0 Å². The van der Waals surface area contributed by atoms with E-state index in [0.717, 1.165) is 24.0 Å². The fourth-order valence-electron chi connectivity index (χ4n) is 2.43. The number of nitrogens with one attached hydrogen (secondary N) is 1. The van der Waals surface area contributed by atoms with Crippen LogP contribution in [0.2, 0.25) is 0 Å². The Kier molecular flexibility index (Phi) is 4.64. The summed E-state index contributed by atoms with van der Waals surface area (Å²) < 4.78 is 0. The van der Waals surface area contributed by atoms with E-state index in [4.69, 9.17) is 0 Å². The monoisotopic (exact) mass is 271 g/mol. The van der Waals surface area contributed by atoms with Crippen molar-refractivity contribution in [2.45, 2.75) is 52.5 Å². The van der Waals surface area contributed by atoms with Crippen molar-refractivity contribution in [2.24, 2.45) is 5.41 Å². The van der Waals surface area contributed by atoms with Crippen LogP contribution < -0.4 is 5.32 Å². The highest BCUT2D eigenvalue weighted by Crippen LogP contribution is 2.19. The lowest BCUT2D eigenvalue weighted by Gasteiger charge is -2.12. The Morgan fingerprint density at radius 2 is 1.75 bits per heavy atom. The lowest BCUT2D eigenvalue weighted by Crippen LogP contribution is -2.32. The topological polar surface area (TPSA) is 29.1 Å². The van der Waals surface area contributed by atoms with Crippen molar-refractivity contribution in [3.8, 4) is 0 Å². The van der Waals surface area contributed by atoms with Gasteiger partial charge in [-0.25, -0.2) is 0 Å². The van der Waals surface area contributed by atoms with E-state index in [1.165, 1.54) is 12.8 Å². The number of benzene rings is 1. The molecule has 1 aliphatic carbocycles. The minimum Gasteiger partial charge on any atom is -0.349 e. The van der Waals surface area contributed by atoms with E-state index in [1.54, 1.807) is 0 Å². The maximum Gasteiger partial charge on any atom is 0.251 e. The number of rotatable bonds is 3. The molecule has 2 heteroatoms. The molecule has 108 valence electrons. The highest BCUT2D eigenvalue weighted by atomic mass is 16.1. The third-order valence-electron chi connectivity index (χ3n) is 3.64. The molecule has 0 aromatic heterocycles. The first kappa shape index (κ1) is 14.8. The van der Waals surface area contributed by atoms with E-state index in [9.17, 15) is 4.79 Å². The average Bonchev–Trinajstić information content (AvgIpc) is 2.89. The first-order chi connectivity index (χ1) is 9.44. The van der Waals surface area contributed by atoms with Crippen LogP contribution in [0.3, 0.4) is 0 Å². The lowest BCUT2D eigenvalue weighted by molar-refractivity contribution is 0.0938. The predicted octanol–water partition coefficient (Wildman–Crippen LogP) is 4.42. The molecule has 1 aromatic carbocycles. The Balaban J connectivity index is 1.96. The number of amides is 1. The van der Waals surface area contributed by atoms with E-state index in [0.29, 0.717) is 6.04 Å². The number of hydrogen-bond acceptors (Lipinski definition) is 1. The van der Waals surface area contributed by atoms with Gasteiger partial charge in [-0.2, -0.15) is 0 Å². The molecule has 1 fully saturated rings. The first-order valence-corrected chi connectivity index (χ1v) is 7.54. The van der Waals surface area contributed by atoms with Crippen molar-refractivity contribution in [3.63, 3.8) is 0 Å². The summed E-state index contributed by atoms with van der Waals surface area (Å²) in [5.41, 5.74) is 2.07. The maximum atomic E-state index is 12.1. The number of allylic oxidation sites excluding steroid dienone is 1. The fraction of sp³-hybridized carbons (Fsp3) is 0.500. The molecule has 0 bridgehead atoms. The van der Waals surface area contributed by atoms with Crippen molar-refractivity contribution in [1.29, 1.82) is 0 Å². The fourth-order valence-corrected chi connectivity index (χ4v) is 2.43. The normalized spacial score (nSPS) is 16.8. The van der Waals surface area contributed by atoms with Crippen LogP contribution in [0.5, 0.6) is 0 Å². The summed E-state index contributed by atoms with van der Waals surface area (Å²) in [6.45, 7) is 6.52. The van der Waals surface area contributed by atoms with Crippen LogP contribution in [-0.2, 0) is 0 Å². The molecule has 0 spiro atoms. The molecule has 0 radical (unpaired) electrons. The molecule has 2 nitrogen and oxygen atoms in total. The van der Waals surface area contributed by atoms with E-state index >= 15 is 0 Å². The molecule has 1 aromatic rings. The molecule has 2 rings (SSSR count). The van der Waals surface area contributed by atoms with Gasteiger partial charge in [0.25, 0.3) is 5.91 Å². The minimum atomic E-state index is 0.0586. The van der Waals surface area contributed by atoms with Crippen molar-refractivity contribution in [1.82, 2.24) is 5.32 Å². The SMILES string of the molecule is CC(C)(C)C=Cc1ccc(C(=O)NC2CCCC2)cc1. The van der Waals surface area contributed by atoms with Gasteiger partial charge in [0.2, 0.25) is 0 Å². The van der Waals surface area contributed by atoms with Crippen LogP contribution >= 0.6 is 0 Å². The van der Waals surface area contributed by atoms with Gasteiger partial charge in [-0.1, -0.05) is 57.9 Å². The number of carbonyl (C=O) groups excluding carboxylic acids is 1. The Labute approximate surface area is 122 Å². The second-order valence-electron chi connectivity index (χ2n) is 6.78. The van der Waals surface area contributed by atoms with Gasteiger partial charge in [-0.15, -0.1) is 0 Å². The van der Waals surface area contributed by atoms with Crippen LogP contribution in [0.25, 0.3) is 6.08 Å². The van der Waals surface area contributed by atoms with E-state index in [-0.39, 0.29) is 11.3 Å². The molecule has 0 atom stereocenters. The van der Waals surface area contributed by atoms with Crippen LogP contribution in [-0.4, -0.2) is 11.9 Å². The molecule has 0 heterocycles. The van der Waals surface area contributed by atoms with Crippen molar-refractivity contribution in [3.05, 3.63) is 41.5 Å². The number of carbonyl (C=O) groups is 1. The molecular weight excluding hydrogens is 246 g/mol. The molecular formula is C18H25NO. The summed E-state index contributed by atoms with van der Waals surface area (Å²) in [4.78, 5) is 12.1. The Morgan fingerprint density at radius 1 is 1.15 bits per heavy atom. The zero-order valence-electron chi connectivity index (χ0n) is 12.8. The van der Waals surface area contributed by atoms with E-state index in [1.807, 2.05) is 24.3 Å². The summed E-state index contributed by atoms with van der Waals surface area (Å²) in [6, 6.07) is 8.21. The van der Waals surface area contributed by atoms with Gasteiger partial charge < -0.3 is 5.32 Å². The largest absolute Gasteiger partial charge is 0.349 e. The minimum absolute atomic E-state index is 0.0586. The number of hydrogen-bond donors (Lipinski definition) is 1. The van der Waals surface area contributed by atoms with E-state index in [2.05, 4.69) is 38.2 Å². The molecule has 1 saturated carbocycles. The molecule has 1 N–H and O–H groups in total. The molecule has 0 saturated heterocycles. The predicted molar refractivity (Wildman–Crippen MR) is 84.7 cm³/mol. The van der Waals surface area contributed by atoms with Crippen molar-refractivity contribution < 1.29 is 4.79 Å². The van der Waals surface area contributed by atoms with Gasteiger partial charge >= 0.3 is 0 Å². The Bertz CT molecular complexity index is 473. The Morgan fingerprint density at radius 3 is 2.30 bits per heavy atom. The third-order valence-corrected chi connectivity index (χ3v) is 3.64. The van der Waals surface area contributed by atoms with Crippen molar-refractivity contribution in [2.75, 3.05) is 0 Å². The standard InChI is InChI=1S/C18H25NO/c1-18(2,3)13-12-14-8-10-15(11-9-14)17(20)19-16-6-4-5-7-16/h8-13,16H,4-7H2,1-3H3,(H,19,20). The smallest absolute Gasteiger partial charge is 0.251 e. The maximum absolute atomic E-state index is 12.1. The highest BCUT2D eigenvalue weighted by Gasteiger charge is 2.17. The second-order valence-corrected chi connectivity index (χ2v) is 6.78. The first-order valence-electron chi connectivity index (χ1n) is 7.54. The quantitative estimate of drug-likeness (QED) is 0.866. The second kappa shape index (κ2) is 6.25. The van der Waals surface area contributed by atoms with Crippen LogP contribution in [0, 0.1) is 5.41 Å². The van der Waals surface area contributed by atoms with Crippen LogP contribution in [0.15, 0.2) is 30.3 Å². The summed E-state index contributed by atoms with van der Waals surface area (Å²) in [5, 5.41) is 3.11. The Hall–Kier alpha value is -1.57. The summed E-state index contributed by atoms with van der Waals surface area (Å²) in [5.74, 6) is 0.0586. The highest BCUT2D eigenvalue weighted by molar-refractivity contribution is 5.94. The van der Waals surface area contributed by atoms with Gasteiger partial charge in [-0.3, -0.25) is 4.79 Å². The van der Waals surface area contributed by atoms with E-state index < -0.39 is 0 Å². The van der Waals surface area contributed by atoms with Crippen molar-refractivity contribution >= 4 is 12.0 Å². The molecule has 1 amide bonds. The molecule has 0 unspecified atom stereocenters. The summed E-state index contributed by atoms with van der Waals surface area (Å²) in [7, 11) is 0. The van der Waals surface area contributed by atoms with Gasteiger partial charge in [0.05, 0.1) is 0 Å². The van der Waals surface area contributed by atoms with Gasteiger partial charge in [-0.05, 0) is 36.0 Å². The molecule has 1 aliphatic rings. The average molecular weight is 271 g/mol. The zero-order chi connectivity index (χ0) is 14.6. The van der Waals surface area contributed by atoms with Crippen LogP contribution in [0.1, 0.15) is 62.4 Å². The van der Waals surface area contributed by atoms with Gasteiger partial charge in [0.15, 0.2) is 0 Å². The summed E-state index contributed by atoms with van der Waals surface area (Å²) in [6.07, 6.45) is 9.01. The van der Waals surface area contributed by atoms with Gasteiger partial charge in [0.1, 0.15) is 0 Å². The lowest BCUT2D eigenvalue weighted by atomic mass is 9.95. The molecule has 20 heavy (non-hydrogen) atoms. The summed E-state index contributed by atoms with van der Waals surface area (Å²) >= 11 is 0. The third kappa shape index (κ3) is 4.52. The zero-order valence-corrected chi connectivity index (χ0v) is 12.8. The molecule has 0 aliphatic heterocycles.